The van der Waals surface area contributed by atoms with Crippen molar-refractivity contribution in [3.05, 3.63) is 18.3 Å². The van der Waals surface area contributed by atoms with Crippen molar-refractivity contribution in [3.8, 4) is 0 Å². The predicted octanol–water partition coefficient (Wildman–Crippen LogP) is 3.21. The fourth-order valence-corrected chi connectivity index (χ4v) is 2.25. The van der Waals surface area contributed by atoms with Crippen LogP contribution >= 0.6 is 0 Å². The van der Waals surface area contributed by atoms with E-state index in [2.05, 4.69) is 40.7 Å². The van der Waals surface area contributed by atoms with E-state index in [9.17, 15) is 0 Å². The summed E-state index contributed by atoms with van der Waals surface area (Å²) >= 11 is 0. The molecule has 4 nitrogen and oxygen atoms in total. The fourth-order valence-electron chi connectivity index (χ4n) is 2.25. The molecule has 0 saturated carbocycles. The largest absolute Gasteiger partial charge is 0.342 e. The summed E-state index contributed by atoms with van der Waals surface area (Å²) in [5.74, 6) is 0. The molecular formula is C13H20N4. The third-order valence-electron chi connectivity index (χ3n) is 3.66. The number of rotatable bonds is 5. The van der Waals surface area contributed by atoms with Crippen LogP contribution in [0.2, 0.25) is 0 Å². The highest BCUT2D eigenvalue weighted by molar-refractivity contribution is 5.73. The molecule has 2 aromatic rings. The molecule has 0 fully saturated rings. The number of hydrogen-bond acceptors (Lipinski definition) is 3. The topological polar surface area (TPSA) is 54.5 Å². The lowest BCUT2D eigenvalue weighted by atomic mass is 9.78. The van der Waals surface area contributed by atoms with Gasteiger partial charge in [-0.3, -0.25) is 0 Å². The molecule has 0 bridgehead atoms. The average molecular weight is 232 g/mol. The number of H-pyrrole nitrogens is 1. The molecule has 1 N–H and O–H groups in total. The van der Waals surface area contributed by atoms with Crippen molar-refractivity contribution in [1.29, 1.82) is 0 Å². The molecular weight excluding hydrogens is 212 g/mol. The first kappa shape index (κ1) is 12.0. The summed E-state index contributed by atoms with van der Waals surface area (Å²) in [6.07, 6.45) is 8.00. The van der Waals surface area contributed by atoms with E-state index in [0.29, 0.717) is 0 Å². The summed E-state index contributed by atoms with van der Waals surface area (Å²) in [6, 6.07) is 0. The lowest BCUT2D eigenvalue weighted by molar-refractivity contribution is 0.395. The van der Waals surface area contributed by atoms with Gasteiger partial charge in [-0.2, -0.15) is 0 Å². The molecule has 0 amide bonds. The first-order valence-corrected chi connectivity index (χ1v) is 6.36. The summed E-state index contributed by atoms with van der Waals surface area (Å²) in [6.45, 7) is 6.73. The number of unbranched alkanes of at least 4 members (excludes halogenated alkanes) is 1. The summed E-state index contributed by atoms with van der Waals surface area (Å²) < 4.78 is 0. The van der Waals surface area contributed by atoms with Crippen LogP contribution in [0.15, 0.2) is 12.7 Å². The second-order valence-electron chi connectivity index (χ2n) is 4.84. The van der Waals surface area contributed by atoms with Crippen molar-refractivity contribution in [2.75, 3.05) is 0 Å². The normalized spacial score (nSPS) is 15.0. The van der Waals surface area contributed by atoms with E-state index in [4.69, 9.17) is 0 Å². The van der Waals surface area contributed by atoms with Gasteiger partial charge in [0.25, 0.3) is 0 Å². The summed E-state index contributed by atoms with van der Waals surface area (Å²) in [5, 5.41) is 0. The van der Waals surface area contributed by atoms with E-state index in [0.717, 1.165) is 29.7 Å². The van der Waals surface area contributed by atoms with E-state index < -0.39 is 0 Å². The lowest BCUT2D eigenvalue weighted by Gasteiger charge is -2.27. The third kappa shape index (κ3) is 2.16. The number of hydrogen-bond donors (Lipinski definition) is 1. The Morgan fingerprint density at radius 2 is 2.06 bits per heavy atom. The molecule has 1 unspecified atom stereocenters. The molecule has 2 rings (SSSR count). The molecule has 2 aromatic heterocycles. The van der Waals surface area contributed by atoms with Gasteiger partial charge in [0.15, 0.2) is 5.65 Å². The zero-order chi connectivity index (χ0) is 12.3. The van der Waals surface area contributed by atoms with Gasteiger partial charge in [0.2, 0.25) is 0 Å². The van der Waals surface area contributed by atoms with Gasteiger partial charge in [-0.05, 0) is 12.8 Å². The Hall–Kier alpha value is -1.45. The van der Waals surface area contributed by atoms with Crippen LogP contribution in [-0.4, -0.2) is 19.9 Å². The Morgan fingerprint density at radius 3 is 2.76 bits per heavy atom. The molecule has 0 radical (unpaired) electrons. The Morgan fingerprint density at radius 1 is 1.24 bits per heavy atom. The maximum Gasteiger partial charge on any atom is 0.180 e. The van der Waals surface area contributed by atoms with Gasteiger partial charge in [0.05, 0.1) is 12.0 Å². The van der Waals surface area contributed by atoms with Crippen LogP contribution in [0.25, 0.3) is 11.2 Å². The third-order valence-corrected chi connectivity index (χ3v) is 3.66. The van der Waals surface area contributed by atoms with Crippen LogP contribution in [0, 0.1) is 0 Å². The summed E-state index contributed by atoms with van der Waals surface area (Å²) in [4.78, 5) is 16.0. The molecule has 0 saturated heterocycles. The van der Waals surface area contributed by atoms with E-state index in [1.807, 2.05) is 0 Å². The van der Waals surface area contributed by atoms with Crippen LogP contribution in [-0.2, 0) is 5.41 Å². The Balaban J connectivity index is 2.45. The molecule has 0 aliphatic heterocycles. The number of fused-ring (bicyclic) bond motifs is 1. The average Bonchev–Trinajstić information content (AvgIpc) is 2.83. The van der Waals surface area contributed by atoms with Crippen molar-refractivity contribution in [2.45, 2.75) is 51.9 Å². The highest BCUT2D eigenvalue weighted by Crippen LogP contribution is 2.34. The smallest absolute Gasteiger partial charge is 0.180 e. The second kappa shape index (κ2) is 4.82. The molecule has 0 aliphatic carbocycles. The van der Waals surface area contributed by atoms with Crippen molar-refractivity contribution in [2.24, 2.45) is 0 Å². The first-order valence-electron chi connectivity index (χ1n) is 6.36. The fraction of sp³-hybridized carbons (Fsp3) is 0.615. The van der Waals surface area contributed by atoms with Gasteiger partial charge >= 0.3 is 0 Å². The predicted molar refractivity (Wildman–Crippen MR) is 68.9 cm³/mol. The number of nitrogens with one attached hydrogen (secondary N) is 1. The monoisotopic (exact) mass is 232 g/mol. The molecule has 0 aromatic carbocycles. The standard InChI is InChI=1S/C13H20N4/c1-4-6-7-13(3,5-2)11-10-12(16-8-14-10)17-9-15-11/h8-9H,4-7H2,1-3H3,(H,14,15,16,17). The molecule has 92 valence electrons. The van der Waals surface area contributed by atoms with Gasteiger partial charge in [-0.15, -0.1) is 0 Å². The highest BCUT2D eigenvalue weighted by atomic mass is 15.0. The van der Waals surface area contributed by atoms with Crippen LogP contribution in [0.5, 0.6) is 0 Å². The number of aromatic nitrogens is 4. The van der Waals surface area contributed by atoms with Crippen molar-refractivity contribution in [3.63, 3.8) is 0 Å². The van der Waals surface area contributed by atoms with E-state index in [-0.39, 0.29) is 5.41 Å². The van der Waals surface area contributed by atoms with E-state index in [1.54, 1.807) is 12.7 Å². The second-order valence-corrected chi connectivity index (χ2v) is 4.84. The van der Waals surface area contributed by atoms with Gasteiger partial charge in [0.1, 0.15) is 11.8 Å². The Labute approximate surface area is 102 Å². The van der Waals surface area contributed by atoms with Gasteiger partial charge < -0.3 is 4.98 Å². The number of imidazole rings is 1. The van der Waals surface area contributed by atoms with Gasteiger partial charge in [0, 0.05) is 5.41 Å². The van der Waals surface area contributed by atoms with Crippen LogP contribution in [0.4, 0.5) is 0 Å². The SMILES string of the molecule is CCCCC(C)(CC)c1ncnc2nc[nH]c12. The minimum Gasteiger partial charge on any atom is -0.342 e. The first-order chi connectivity index (χ1) is 8.21. The Bertz CT molecular complexity index is 491. The molecule has 17 heavy (non-hydrogen) atoms. The number of nitrogens with zero attached hydrogens (tertiary/aromatic N) is 3. The molecule has 2 heterocycles. The van der Waals surface area contributed by atoms with Crippen molar-refractivity contribution < 1.29 is 0 Å². The van der Waals surface area contributed by atoms with E-state index >= 15 is 0 Å². The van der Waals surface area contributed by atoms with Crippen LogP contribution in [0.1, 0.15) is 52.1 Å². The minimum atomic E-state index is 0.115. The van der Waals surface area contributed by atoms with Crippen molar-refractivity contribution >= 4 is 11.2 Å². The maximum atomic E-state index is 4.49. The maximum absolute atomic E-state index is 4.49. The summed E-state index contributed by atoms with van der Waals surface area (Å²) in [7, 11) is 0. The summed E-state index contributed by atoms with van der Waals surface area (Å²) in [5.41, 5.74) is 2.99. The molecule has 4 heteroatoms. The van der Waals surface area contributed by atoms with Crippen molar-refractivity contribution in [1.82, 2.24) is 19.9 Å². The minimum absolute atomic E-state index is 0.115. The molecule has 0 spiro atoms. The zero-order valence-corrected chi connectivity index (χ0v) is 10.8. The van der Waals surface area contributed by atoms with Crippen LogP contribution in [0.3, 0.4) is 0 Å². The van der Waals surface area contributed by atoms with Gasteiger partial charge in [-0.25, -0.2) is 15.0 Å². The van der Waals surface area contributed by atoms with E-state index in [1.165, 1.54) is 12.8 Å². The molecule has 1 atom stereocenters. The quantitative estimate of drug-likeness (QED) is 0.861. The number of aromatic amines is 1. The lowest BCUT2D eigenvalue weighted by Crippen LogP contribution is -2.23. The highest BCUT2D eigenvalue weighted by Gasteiger charge is 2.28. The molecule has 0 aliphatic rings. The zero-order valence-electron chi connectivity index (χ0n) is 10.8. The van der Waals surface area contributed by atoms with Gasteiger partial charge in [-0.1, -0.05) is 33.6 Å². The Kier molecular flexibility index (Phi) is 3.41. The van der Waals surface area contributed by atoms with Crippen LogP contribution < -0.4 is 0 Å².